The Morgan fingerprint density at radius 3 is 1.90 bits per heavy atom. The lowest BCUT2D eigenvalue weighted by molar-refractivity contribution is -0.276. The maximum absolute atomic E-state index is 12.5. The van der Waals surface area contributed by atoms with Crippen LogP contribution in [0.3, 0.4) is 0 Å². The van der Waals surface area contributed by atoms with Crippen molar-refractivity contribution < 1.29 is 40.7 Å². The van der Waals surface area contributed by atoms with E-state index in [0.29, 0.717) is 4.90 Å². The van der Waals surface area contributed by atoms with Gasteiger partial charge in [-0.3, -0.25) is 14.6 Å². The fraction of sp³-hybridized carbons (Fsp3) is 0.667. The molecule has 1 fully saturated rings. The van der Waals surface area contributed by atoms with Gasteiger partial charge in [0.1, 0.15) is 0 Å². The average Bonchev–Trinajstić information content (AvgIpc) is 2.66. The molecule has 0 N–H and O–H groups in total. The molecule has 0 aliphatic carbocycles. The number of hydrogen-bond donors (Lipinski definition) is 0. The highest BCUT2D eigenvalue weighted by atomic mass is 32.1. The smallest absolute Gasteiger partial charge is 0.415 e. The van der Waals surface area contributed by atoms with E-state index in [9.17, 15) is 35.9 Å². The van der Waals surface area contributed by atoms with Crippen LogP contribution < -0.4 is 0 Å². The van der Waals surface area contributed by atoms with Crippen LogP contribution >= 0.6 is 12.2 Å². The predicted molar refractivity (Wildman–Crippen MR) is 59.0 cm³/mol. The number of alkyl halides is 6. The standard InChI is InChI=1S/C9H8F6N2O3S/c1-20-7(19)17-3-2-16(6(17)21)5(18)4(8(10,11)12)9(13,14)15/h4H,2-3H2,1H3. The van der Waals surface area contributed by atoms with Gasteiger partial charge in [-0.2, -0.15) is 26.3 Å². The van der Waals surface area contributed by atoms with E-state index in [2.05, 4.69) is 17.0 Å². The molecule has 2 amide bonds. The summed E-state index contributed by atoms with van der Waals surface area (Å²) in [6.07, 6.45) is -12.7. The lowest BCUT2D eigenvalue weighted by Crippen LogP contribution is -2.51. The summed E-state index contributed by atoms with van der Waals surface area (Å²) in [5.41, 5.74) is 0. The molecular formula is C9H8F6N2O3S. The van der Waals surface area contributed by atoms with Crippen LogP contribution in [-0.2, 0) is 9.53 Å². The zero-order valence-electron chi connectivity index (χ0n) is 10.3. The zero-order valence-corrected chi connectivity index (χ0v) is 11.1. The van der Waals surface area contributed by atoms with Gasteiger partial charge in [-0.1, -0.05) is 0 Å². The molecule has 1 aliphatic rings. The fourth-order valence-electron chi connectivity index (χ4n) is 1.64. The topological polar surface area (TPSA) is 49.9 Å². The van der Waals surface area contributed by atoms with Crippen molar-refractivity contribution >= 4 is 29.3 Å². The maximum atomic E-state index is 12.5. The predicted octanol–water partition coefficient (Wildman–Crippen LogP) is 1.92. The fourth-order valence-corrected chi connectivity index (χ4v) is 1.99. The van der Waals surface area contributed by atoms with E-state index in [-0.39, 0.29) is 11.4 Å². The Balaban J connectivity index is 3.03. The molecule has 0 bridgehead atoms. The summed E-state index contributed by atoms with van der Waals surface area (Å²) >= 11 is 4.54. The van der Waals surface area contributed by atoms with Crippen molar-refractivity contribution in [2.75, 3.05) is 20.2 Å². The number of carbonyl (C=O) groups excluding carboxylic acids is 2. The van der Waals surface area contributed by atoms with Crippen molar-refractivity contribution in [2.45, 2.75) is 12.4 Å². The summed E-state index contributed by atoms with van der Waals surface area (Å²) in [6, 6.07) is 0. The van der Waals surface area contributed by atoms with Gasteiger partial charge in [0.15, 0.2) is 5.11 Å². The van der Waals surface area contributed by atoms with Gasteiger partial charge >= 0.3 is 18.4 Å². The second-order valence-electron chi connectivity index (χ2n) is 3.91. The molecule has 0 spiro atoms. The average molecular weight is 338 g/mol. The van der Waals surface area contributed by atoms with E-state index in [1.165, 1.54) is 0 Å². The number of halogens is 6. The second-order valence-corrected chi connectivity index (χ2v) is 4.28. The molecule has 5 nitrogen and oxygen atoms in total. The number of methoxy groups -OCH3 is 1. The Morgan fingerprint density at radius 1 is 1.10 bits per heavy atom. The zero-order chi connectivity index (χ0) is 16.6. The number of rotatable bonds is 1. The highest BCUT2D eigenvalue weighted by molar-refractivity contribution is 7.80. The normalized spacial score (nSPS) is 16.7. The highest BCUT2D eigenvalue weighted by Crippen LogP contribution is 2.40. The molecule has 0 aromatic carbocycles. The summed E-state index contributed by atoms with van der Waals surface area (Å²) in [4.78, 5) is 23.4. The van der Waals surface area contributed by atoms with Crippen LogP contribution in [0.25, 0.3) is 0 Å². The van der Waals surface area contributed by atoms with Crippen molar-refractivity contribution in [1.82, 2.24) is 9.80 Å². The Hall–Kier alpha value is -1.59. The lowest BCUT2D eigenvalue weighted by Gasteiger charge is -2.26. The summed E-state index contributed by atoms with van der Waals surface area (Å²) in [5.74, 6) is -6.47. The van der Waals surface area contributed by atoms with Crippen LogP contribution in [0.15, 0.2) is 0 Å². The van der Waals surface area contributed by atoms with Crippen LogP contribution in [0.1, 0.15) is 0 Å². The van der Waals surface area contributed by atoms with Crippen LogP contribution in [0.4, 0.5) is 31.1 Å². The Morgan fingerprint density at radius 2 is 1.52 bits per heavy atom. The summed E-state index contributed by atoms with van der Waals surface area (Å²) < 4.78 is 79.0. The molecule has 0 aromatic rings. The van der Waals surface area contributed by atoms with E-state index in [1.807, 2.05) is 0 Å². The van der Waals surface area contributed by atoms with Crippen LogP contribution in [-0.4, -0.2) is 59.5 Å². The van der Waals surface area contributed by atoms with Gasteiger partial charge in [-0.25, -0.2) is 4.79 Å². The Bertz CT molecular complexity index is 449. The molecule has 0 atom stereocenters. The molecule has 0 radical (unpaired) electrons. The maximum Gasteiger partial charge on any atom is 0.415 e. The van der Waals surface area contributed by atoms with Gasteiger partial charge in [0, 0.05) is 13.1 Å². The third-order valence-corrected chi connectivity index (χ3v) is 3.01. The third kappa shape index (κ3) is 3.54. The van der Waals surface area contributed by atoms with Crippen LogP contribution in [0.5, 0.6) is 0 Å². The lowest BCUT2D eigenvalue weighted by atomic mass is 10.1. The third-order valence-electron chi connectivity index (χ3n) is 2.57. The monoisotopic (exact) mass is 338 g/mol. The molecule has 1 saturated heterocycles. The minimum Gasteiger partial charge on any atom is -0.452 e. The van der Waals surface area contributed by atoms with Gasteiger partial charge in [-0.05, 0) is 12.2 Å². The Labute approximate surface area is 119 Å². The molecule has 120 valence electrons. The Kier molecular flexibility index (Phi) is 4.70. The van der Waals surface area contributed by atoms with Crippen molar-refractivity contribution in [3.63, 3.8) is 0 Å². The minimum absolute atomic E-state index is 0.0951. The van der Waals surface area contributed by atoms with Crippen LogP contribution in [0, 0.1) is 5.92 Å². The molecule has 21 heavy (non-hydrogen) atoms. The van der Waals surface area contributed by atoms with Gasteiger partial charge < -0.3 is 4.74 Å². The van der Waals surface area contributed by atoms with Gasteiger partial charge in [0.2, 0.25) is 5.92 Å². The quantitative estimate of drug-likeness (QED) is 0.541. The molecule has 0 saturated carbocycles. The molecule has 12 heteroatoms. The van der Waals surface area contributed by atoms with Gasteiger partial charge in [0.25, 0.3) is 5.91 Å². The van der Waals surface area contributed by atoms with Crippen LogP contribution in [0.2, 0.25) is 0 Å². The van der Waals surface area contributed by atoms with E-state index in [4.69, 9.17) is 0 Å². The van der Waals surface area contributed by atoms with Crippen molar-refractivity contribution in [1.29, 1.82) is 0 Å². The number of amides is 2. The van der Waals surface area contributed by atoms with E-state index >= 15 is 0 Å². The van der Waals surface area contributed by atoms with E-state index in [1.54, 1.807) is 0 Å². The molecule has 1 heterocycles. The number of thiocarbonyl (C=S) groups is 1. The number of carbonyl (C=O) groups is 2. The number of ether oxygens (including phenoxy) is 1. The first kappa shape index (κ1) is 17.5. The summed E-state index contributed by atoms with van der Waals surface area (Å²) in [5, 5.41) is -0.759. The van der Waals surface area contributed by atoms with Crippen molar-refractivity contribution in [3.8, 4) is 0 Å². The first-order valence-corrected chi connectivity index (χ1v) is 5.66. The largest absolute Gasteiger partial charge is 0.452 e. The number of nitrogens with zero attached hydrogens (tertiary/aromatic N) is 2. The molecule has 0 aromatic heterocycles. The van der Waals surface area contributed by atoms with Crippen molar-refractivity contribution in [3.05, 3.63) is 0 Å². The summed E-state index contributed by atoms with van der Waals surface area (Å²) in [7, 11) is 0.948. The van der Waals surface area contributed by atoms with Crippen molar-refractivity contribution in [2.24, 2.45) is 5.92 Å². The summed E-state index contributed by atoms with van der Waals surface area (Å²) in [6.45, 7) is -0.922. The highest BCUT2D eigenvalue weighted by Gasteiger charge is 2.63. The SMILES string of the molecule is COC(=O)N1CCN(C(=O)C(C(F)(F)F)C(F)(F)F)C1=S. The van der Waals surface area contributed by atoms with Gasteiger partial charge in [-0.15, -0.1) is 0 Å². The molecule has 1 rings (SSSR count). The second kappa shape index (κ2) is 5.66. The first-order chi connectivity index (χ1) is 9.41. The van der Waals surface area contributed by atoms with E-state index < -0.39 is 41.9 Å². The number of hydrogen-bond acceptors (Lipinski definition) is 4. The van der Waals surface area contributed by atoms with Gasteiger partial charge in [0.05, 0.1) is 7.11 Å². The van der Waals surface area contributed by atoms with E-state index in [0.717, 1.165) is 7.11 Å². The molecule has 0 unspecified atom stereocenters. The molecule has 1 aliphatic heterocycles. The first-order valence-electron chi connectivity index (χ1n) is 5.25. The minimum atomic E-state index is -5.82. The molecular weight excluding hydrogens is 330 g/mol.